The van der Waals surface area contributed by atoms with E-state index in [-0.39, 0.29) is 0 Å². The highest BCUT2D eigenvalue weighted by atomic mass is 32.2. The average molecular weight is 323 g/mol. The zero-order valence-electron chi connectivity index (χ0n) is 13.0. The number of nitrogens with one attached hydrogen (secondary N) is 1. The van der Waals surface area contributed by atoms with Crippen LogP contribution in [0.25, 0.3) is 0 Å². The Kier molecular flexibility index (Phi) is 6.02. The summed E-state index contributed by atoms with van der Waals surface area (Å²) in [6, 6.07) is 6.58. The molecule has 0 bridgehead atoms. The minimum atomic E-state index is 0.900. The molecular weight excluding hydrogens is 300 g/mol. The first-order valence-corrected chi connectivity index (χ1v) is 8.72. The van der Waals surface area contributed by atoms with Crippen molar-refractivity contribution in [1.29, 1.82) is 0 Å². The van der Waals surface area contributed by atoms with Gasteiger partial charge < -0.3 is 10.2 Å². The summed E-state index contributed by atoms with van der Waals surface area (Å²) in [6.45, 7) is 6.26. The van der Waals surface area contributed by atoms with Crippen molar-refractivity contribution < 1.29 is 0 Å². The van der Waals surface area contributed by atoms with Gasteiger partial charge in [-0.05, 0) is 31.5 Å². The van der Waals surface area contributed by atoms with E-state index in [4.69, 9.17) is 0 Å². The predicted octanol–water partition coefficient (Wildman–Crippen LogP) is 3.56. The molecule has 0 aliphatic carbocycles. The van der Waals surface area contributed by atoms with Crippen molar-refractivity contribution in [1.82, 2.24) is 15.5 Å². The maximum absolute atomic E-state index is 4.26. The molecule has 0 radical (unpaired) electrons. The number of nitrogens with zero attached hydrogens (tertiary/aromatic N) is 3. The molecule has 114 valence electrons. The highest BCUT2D eigenvalue weighted by Gasteiger charge is 2.10. The molecule has 0 unspecified atom stereocenters. The van der Waals surface area contributed by atoms with Gasteiger partial charge in [-0.15, -0.1) is 10.2 Å². The normalized spacial score (nSPS) is 10.9. The molecule has 0 atom stereocenters. The van der Waals surface area contributed by atoms with Crippen LogP contribution in [0, 0.1) is 6.92 Å². The summed E-state index contributed by atoms with van der Waals surface area (Å²) < 4.78 is 0.985. The second-order valence-corrected chi connectivity index (χ2v) is 7.38. The smallest absolute Gasteiger partial charge is 0.208 e. The zero-order valence-corrected chi connectivity index (χ0v) is 14.6. The van der Waals surface area contributed by atoms with Crippen molar-refractivity contribution in [3.8, 4) is 0 Å². The van der Waals surface area contributed by atoms with E-state index in [1.165, 1.54) is 16.0 Å². The molecule has 1 aromatic carbocycles. The van der Waals surface area contributed by atoms with E-state index >= 15 is 0 Å². The van der Waals surface area contributed by atoms with Gasteiger partial charge in [0.25, 0.3) is 0 Å². The van der Waals surface area contributed by atoms with Crippen LogP contribution >= 0.6 is 23.1 Å². The molecule has 2 rings (SSSR count). The number of aromatic nitrogens is 2. The second kappa shape index (κ2) is 7.77. The van der Waals surface area contributed by atoms with Gasteiger partial charge in [0.2, 0.25) is 5.13 Å². The number of anilines is 1. The third-order valence-corrected chi connectivity index (χ3v) is 5.19. The lowest BCUT2D eigenvalue weighted by Gasteiger charge is -2.10. The Labute approximate surface area is 135 Å². The Morgan fingerprint density at radius 1 is 1.29 bits per heavy atom. The molecule has 0 saturated heterocycles. The summed E-state index contributed by atoms with van der Waals surface area (Å²) in [7, 11) is 3.97. The number of hydrogen-bond donors (Lipinski definition) is 1. The van der Waals surface area contributed by atoms with Gasteiger partial charge in [0.1, 0.15) is 0 Å². The van der Waals surface area contributed by atoms with Gasteiger partial charge in [0.05, 0.1) is 0 Å². The molecule has 21 heavy (non-hydrogen) atoms. The molecule has 1 N–H and O–H groups in total. The van der Waals surface area contributed by atoms with Gasteiger partial charge >= 0.3 is 0 Å². The molecule has 0 aliphatic rings. The van der Waals surface area contributed by atoms with Crippen LogP contribution in [0.2, 0.25) is 0 Å². The first-order chi connectivity index (χ1) is 10.1. The van der Waals surface area contributed by atoms with E-state index < -0.39 is 0 Å². The fourth-order valence-electron chi connectivity index (χ4n) is 1.86. The molecule has 1 heterocycles. The zero-order chi connectivity index (χ0) is 15.2. The van der Waals surface area contributed by atoms with E-state index in [9.17, 15) is 0 Å². The number of benzene rings is 1. The highest BCUT2D eigenvalue weighted by molar-refractivity contribution is 8.01. The topological polar surface area (TPSA) is 41.1 Å². The van der Waals surface area contributed by atoms with Crippen molar-refractivity contribution in [2.24, 2.45) is 0 Å². The standard InChI is InChI=1S/C15H22N4S2/c1-5-8-16-10-12-9-11(2)6-7-13(12)20-15-18-17-14(21-15)19(3)4/h6-7,9,16H,5,8,10H2,1-4H3. The summed E-state index contributed by atoms with van der Waals surface area (Å²) in [6.07, 6.45) is 1.15. The summed E-state index contributed by atoms with van der Waals surface area (Å²) in [5.41, 5.74) is 2.62. The van der Waals surface area contributed by atoms with Gasteiger partial charge in [-0.1, -0.05) is 47.7 Å². The largest absolute Gasteiger partial charge is 0.353 e. The Balaban J connectivity index is 2.13. The second-order valence-electron chi connectivity index (χ2n) is 5.13. The fourth-order valence-corrected chi connectivity index (χ4v) is 3.69. The highest BCUT2D eigenvalue weighted by Crippen LogP contribution is 2.34. The summed E-state index contributed by atoms with van der Waals surface area (Å²) in [5.74, 6) is 0. The van der Waals surface area contributed by atoms with Crippen LogP contribution in [-0.4, -0.2) is 30.8 Å². The molecule has 1 aromatic heterocycles. The fraction of sp³-hybridized carbons (Fsp3) is 0.467. The van der Waals surface area contributed by atoms with E-state index in [1.807, 2.05) is 19.0 Å². The summed E-state index contributed by atoms with van der Waals surface area (Å²) in [4.78, 5) is 3.24. The molecule has 2 aromatic rings. The molecule has 0 aliphatic heterocycles. The van der Waals surface area contributed by atoms with Gasteiger partial charge in [-0.25, -0.2) is 0 Å². The maximum atomic E-state index is 4.26. The quantitative estimate of drug-likeness (QED) is 0.789. The van der Waals surface area contributed by atoms with E-state index in [0.717, 1.165) is 29.0 Å². The molecule has 0 spiro atoms. The molecule has 0 saturated carbocycles. The number of rotatable bonds is 7. The lowest BCUT2D eigenvalue weighted by atomic mass is 10.1. The van der Waals surface area contributed by atoms with Crippen molar-refractivity contribution in [2.75, 3.05) is 25.5 Å². The number of aryl methyl sites for hydroxylation is 1. The molecule has 4 nitrogen and oxygen atoms in total. The minimum absolute atomic E-state index is 0.900. The van der Waals surface area contributed by atoms with Crippen LogP contribution in [0.5, 0.6) is 0 Å². The maximum Gasteiger partial charge on any atom is 0.208 e. The SMILES string of the molecule is CCCNCc1cc(C)ccc1Sc1nnc(N(C)C)s1. The van der Waals surface area contributed by atoms with Crippen molar-refractivity contribution in [2.45, 2.75) is 36.0 Å². The van der Waals surface area contributed by atoms with Crippen LogP contribution in [0.15, 0.2) is 27.4 Å². The molecule has 0 amide bonds. The molecular formula is C15H22N4S2. The first kappa shape index (κ1) is 16.3. The third-order valence-electron chi connectivity index (χ3n) is 2.93. The Morgan fingerprint density at radius 2 is 2.10 bits per heavy atom. The third kappa shape index (κ3) is 4.69. The molecule has 6 heteroatoms. The first-order valence-electron chi connectivity index (χ1n) is 7.09. The molecule has 0 fully saturated rings. The summed E-state index contributed by atoms with van der Waals surface area (Å²) in [5, 5.41) is 12.9. The lowest BCUT2D eigenvalue weighted by molar-refractivity contribution is 0.669. The van der Waals surface area contributed by atoms with Gasteiger partial charge in [-0.2, -0.15) is 0 Å². The monoisotopic (exact) mass is 322 g/mol. The Bertz CT molecular complexity index is 581. The van der Waals surface area contributed by atoms with E-state index in [2.05, 4.69) is 47.6 Å². The van der Waals surface area contributed by atoms with Crippen LogP contribution < -0.4 is 10.2 Å². The Hall–Kier alpha value is -1.11. The van der Waals surface area contributed by atoms with Gasteiger partial charge in [0.15, 0.2) is 4.34 Å². The van der Waals surface area contributed by atoms with E-state index in [1.54, 1.807) is 23.1 Å². The van der Waals surface area contributed by atoms with Gasteiger partial charge in [0, 0.05) is 25.5 Å². The van der Waals surface area contributed by atoms with Crippen molar-refractivity contribution in [3.05, 3.63) is 29.3 Å². The Morgan fingerprint density at radius 3 is 2.76 bits per heavy atom. The predicted molar refractivity (Wildman–Crippen MR) is 91.5 cm³/mol. The lowest BCUT2D eigenvalue weighted by Crippen LogP contribution is -2.14. The van der Waals surface area contributed by atoms with Crippen LogP contribution in [0.4, 0.5) is 5.13 Å². The summed E-state index contributed by atoms with van der Waals surface area (Å²) >= 11 is 3.32. The van der Waals surface area contributed by atoms with Crippen LogP contribution in [0.1, 0.15) is 24.5 Å². The average Bonchev–Trinajstić information content (AvgIpc) is 2.91. The van der Waals surface area contributed by atoms with Gasteiger partial charge in [-0.3, -0.25) is 0 Å². The number of hydrogen-bond acceptors (Lipinski definition) is 6. The van der Waals surface area contributed by atoms with Crippen molar-refractivity contribution >= 4 is 28.2 Å². The minimum Gasteiger partial charge on any atom is -0.353 e. The van der Waals surface area contributed by atoms with E-state index in [0.29, 0.717) is 0 Å². The van der Waals surface area contributed by atoms with Crippen LogP contribution in [-0.2, 0) is 6.54 Å². The van der Waals surface area contributed by atoms with Crippen molar-refractivity contribution in [3.63, 3.8) is 0 Å². The van der Waals surface area contributed by atoms with Crippen LogP contribution in [0.3, 0.4) is 0 Å².